The summed E-state index contributed by atoms with van der Waals surface area (Å²) in [7, 11) is 0. The van der Waals surface area contributed by atoms with Crippen LogP contribution in [-0.2, 0) is 0 Å². The van der Waals surface area contributed by atoms with Crippen LogP contribution < -0.4 is 15.0 Å². The maximum atomic E-state index is 5.73. The summed E-state index contributed by atoms with van der Waals surface area (Å²) in [4.78, 5) is 6.91. The van der Waals surface area contributed by atoms with E-state index in [1.54, 1.807) is 0 Å². The van der Waals surface area contributed by atoms with E-state index in [-0.39, 0.29) is 0 Å². The third kappa shape index (κ3) is 3.85. The largest absolute Gasteiger partial charge is 0.490 e. The Hall–Kier alpha value is -1.29. The highest BCUT2D eigenvalue weighted by molar-refractivity contribution is 5.52. The zero-order chi connectivity index (χ0) is 14.4. The van der Waals surface area contributed by atoms with E-state index in [0.717, 1.165) is 24.7 Å². The molecule has 1 aliphatic rings. The van der Waals surface area contributed by atoms with Crippen LogP contribution in [0.5, 0.6) is 5.75 Å². The number of nitrogens with one attached hydrogen (secondary N) is 1. The Morgan fingerprint density at radius 3 is 2.95 bits per heavy atom. The van der Waals surface area contributed by atoms with Gasteiger partial charge in [0.2, 0.25) is 0 Å². The third-order valence-electron chi connectivity index (χ3n) is 3.78. The maximum absolute atomic E-state index is 5.73. The summed E-state index contributed by atoms with van der Waals surface area (Å²) in [6.45, 7) is 9.25. The van der Waals surface area contributed by atoms with Crippen molar-refractivity contribution in [2.45, 2.75) is 52.1 Å². The van der Waals surface area contributed by atoms with Gasteiger partial charge in [-0.3, -0.25) is 0 Å². The molecule has 0 spiro atoms. The van der Waals surface area contributed by atoms with Gasteiger partial charge in [0.15, 0.2) is 11.6 Å². The molecule has 0 radical (unpaired) electrons. The van der Waals surface area contributed by atoms with E-state index in [1.165, 1.54) is 19.3 Å². The molecule has 2 rings (SSSR count). The minimum atomic E-state index is 0.410. The fourth-order valence-corrected chi connectivity index (χ4v) is 2.73. The second-order valence-electron chi connectivity index (χ2n) is 5.65. The SMILES string of the molecule is CCOc1cccnc1N(CC1CCCCN1)C(C)C. The molecule has 4 nitrogen and oxygen atoms in total. The van der Waals surface area contributed by atoms with Crippen LogP contribution in [0.4, 0.5) is 5.82 Å². The standard InChI is InChI=1S/C16H27N3O/c1-4-20-15-9-7-11-18-16(15)19(13(2)3)12-14-8-5-6-10-17-14/h7,9,11,13-14,17H,4-6,8,10,12H2,1-3H3. The normalized spacial score (nSPS) is 19.1. The minimum Gasteiger partial charge on any atom is -0.490 e. The average Bonchev–Trinajstić information content (AvgIpc) is 2.47. The topological polar surface area (TPSA) is 37.4 Å². The first-order valence-electron chi connectivity index (χ1n) is 7.80. The Bertz CT molecular complexity index is 402. The van der Waals surface area contributed by atoms with E-state index < -0.39 is 0 Å². The van der Waals surface area contributed by atoms with Crippen LogP contribution in [0.1, 0.15) is 40.0 Å². The molecule has 1 aromatic heterocycles. The van der Waals surface area contributed by atoms with Gasteiger partial charge in [-0.15, -0.1) is 0 Å². The van der Waals surface area contributed by atoms with E-state index in [0.29, 0.717) is 18.7 Å². The molecular formula is C16H27N3O. The first-order chi connectivity index (χ1) is 9.72. The molecule has 0 amide bonds. The monoisotopic (exact) mass is 277 g/mol. The van der Waals surface area contributed by atoms with Gasteiger partial charge in [0.05, 0.1) is 6.61 Å². The fraction of sp³-hybridized carbons (Fsp3) is 0.688. The molecule has 1 N–H and O–H groups in total. The summed E-state index contributed by atoms with van der Waals surface area (Å²) in [5, 5.41) is 3.62. The van der Waals surface area contributed by atoms with Crippen LogP contribution in [0.15, 0.2) is 18.3 Å². The van der Waals surface area contributed by atoms with Gasteiger partial charge in [-0.25, -0.2) is 4.98 Å². The number of pyridine rings is 1. The van der Waals surface area contributed by atoms with Crippen molar-refractivity contribution in [1.29, 1.82) is 0 Å². The molecule has 1 aromatic rings. The maximum Gasteiger partial charge on any atom is 0.171 e. The van der Waals surface area contributed by atoms with Gasteiger partial charge < -0.3 is 15.0 Å². The number of anilines is 1. The molecule has 0 aromatic carbocycles. The lowest BCUT2D eigenvalue weighted by Gasteiger charge is -2.34. The second-order valence-corrected chi connectivity index (χ2v) is 5.65. The van der Waals surface area contributed by atoms with Crippen LogP contribution in [-0.4, -0.2) is 36.8 Å². The fourth-order valence-electron chi connectivity index (χ4n) is 2.73. The van der Waals surface area contributed by atoms with Gasteiger partial charge in [0, 0.05) is 24.8 Å². The molecule has 1 atom stereocenters. The van der Waals surface area contributed by atoms with Crippen molar-refractivity contribution in [3.05, 3.63) is 18.3 Å². The Balaban J connectivity index is 2.15. The lowest BCUT2D eigenvalue weighted by Crippen LogP contribution is -2.46. The zero-order valence-corrected chi connectivity index (χ0v) is 12.9. The van der Waals surface area contributed by atoms with Crippen LogP contribution in [0, 0.1) is 0 Å². The molecule has 112 valence electrons. The van der Waals surface area contributed by atoms with Gasteiger partial charge in [-0.05, 0) is 52.3 Å². The predicted octanol–water partition coefficient (Wildman–Crippen LogP) is 2.84. The first-order valence-corrected chi connectivity index (χ1v) is 7.80. The molecule has 1 unspecified atom stereocenters. The number of aromatic nitrogens is 1. The molecule has 2 heterocycles. The summed E-state index contributed by atoms with van der Waals surface area (Å²) >= 11 is 0. The molecule has 0 saturated carbocycles. The summed E-state index contributed by atoms with van der Waals surface area (Å²) in [5.41, 5.74) is 0. The van der Waals surface area contributed by atoms with Crippen molar-refractivity contribution in [2.75, 3.05) is 24.6 Å². The summed E-state index contributed by atoms with van der Waals surface area (Å²) < 4.78 is 5.73. The van der Waals surface area contributed by atoms with Crippen LogP contribution >= 0.6 is 0 Å². The quantitative estimate of drug-likeness (QED) is 0.867. The molecular weight excluding hydrogens is 250 g/mol. The Kier molecular flexibility index (Phi) is 5.65. The second kappa shape index (κ2) is 7.48. The number of piperidine rings is 1. The Morgan fingerprint density at radius 2 is 2.30 bits per heavy atom. The van der Waals surface area contributed by atoms with Crippen LogP contribution in [0.3, 0.4) is 0 Å². The number of hydrogen-bond donors (Lipinski definition) is 1. The molecule has 1 saturated heterocycles. The third-order valence-corrected chi connectivity index (χ3v) is 3.78. The van der Waals surface area contributed by atoms with Crippen LogP contribution in [0.25, 0.3) is 0 Å². The summed E-state index contributed by atoms with van der Waals surface area (Å²) in [6, 6.07) is 4.91. The number of hydrogen-bond acceptors (Lipinski definition) is 4. The van der Waals surface area contributed by atoms with Gasteiger partial charge >= 0.3 is 0 Å². The van der Waals surface area contributed by atoms with Crippen molar-refractivity contribution in [3.8, 4) is 5.75 Å². The Labute approximate surface area is 122 Å². The van der Waals surface area contributed by atoms with Crippen LogP contribution in [0.2, 0.25) is 0 Å². The highest BCUT2D eigenvalue weighted by Gasteiger charge is 2.22. The number of ether oxygens (including phenoxy) is 1. The van der Waals surface area contributed by atoms with E-state index in [9.17, 15) is 0 Å². The smallest absolute Gasteiger partial charge is 0.171 e. The predicted molar refractivity (Wildman–Crippen MR) is 83.5 cm³/mol. The van der Waals surface area contributed by atoms with E-state index >= 15 is 0 Å². The van der Waals surface area contributed by atoms with Crippen molar-refractivity contribution < 1.29 is 4.74 Å². The highest BCUT2D eigenvalue weighted by Crippen LogP contribution is 2.27. The van der Waals surface area contributed by atoms with E-state index in [2.05, 4.69) is 29.0 Å². The lowest BCUT2D eigenvalue weighted by atomic mass is 10.0. The minimum absolute atomic E-state index is 0.410. The van der Waals surface area contributed by atoms with Gasteiger partial charge in [-0.2, -0.15) is 0 Å². The molecule has 1 fully saturated rings. The van der Waals surface area contributed by atoms with Crippen molar-refractivity contribution in [1.82, 2.24) is 10.3 Å². The molecule has 4 heteroatoms. The lowest BCUT2D eigenvalue weighted by molar-refractivity contribution is 0.336. The van der Waals surface area contributed by atoms with Crippen molar-refractivity contribution in [3.63, 3.8) is 0 Å². The molecule has 0 bridgehead atoms. The van der Waals surface area contributed by atoms with E-state index in [4.69, 9.17) is 4.74 Å². The van der Waals surface area contributed by atoms with E-state index in [1.807, 2.05) is 25.3 Å². The highest BCUT2D eigenvalue weighted by atomic mass is 16.5. The van der Waals surface area contributed by atoms with Crippen molar-refractivity contribution in [2.24, 2.45) is 0 Å². The van der Waals surface area contributed by atoms with Gasteiger partial charge in [-0.1, -0.05) is 6.42 Å². The average molecular weight is 277 g/mol. The number of rotatable bonds is 6. The first kappa shape index (κ1) is 15.1. The number of nitrogens with zero attached hydrogens (tertiary/aromatic N) is 2. The van der Waals surface area contributed by atoms with Gasteiger partial charge in [0.1, 0.15) is 0 Å². The zero-order valence-electron chi connectivity index (χ0n) is 12.9. The van der Waals surface area contributed by atoms with Crippen molar-refractivity contribution >= 4 is 5.82 Å². The summed E-state index contributed by atoms with van der Waals surface area (Å²) in [6.07, 6.45) is 5.72. The molecule has 1 aliphatic heterocycles. The molecule has 20 heavy (non-hydrogen) atoms. The molecule has 0 aliphatic carbocycles. The van der Waals surface area contributed by atoms with Gasteiger partial charge in [0.25, 0.3) is 0 Å². The Morgan fingerprint density at radius 1 is 1.45 bits per heavy atom. The summed E-state index contributed by atoms with van der Waals surface area (Å²) in [5.74, 6) is 1.86.